The number of halogens is 1. The summed E-state index contributed by atoms with van der Waals surface area (Å²) in [6.45, 7) is 1.22. The smallest absolute Gasteiger partial charge is 0.252 e. The molecule has 0 radical (unpaired) electrons. The van der Waals surface area contributed by atoms with Gasteiger partial charge in [0.1, 0.15) is 5.82 Å². The molecule has 2 aromatic heterocycles. The second kappa shape index (κ2) is 6.14. The van der Waals surface area contributed by atoms with Gasteiger partial charge in [0.2, 0.25) is 0 Å². The molecule has 2 aromatic rings. The number of nitrogens with two attached hydrogens (primary N) is 1. The lowest BCUT2D eigenvalue weighted by Gasteiger charge is -2.06. The van der Waals surface area contributed by atoms with Crippen LogP contribution in [0.3, 0.4) is 0 Å². The molecule has 1 amide bonds. The third-order valence-electron chi connectivity index (χ3n) is 2.45. The molecule has 0 aromatic carbocycles. The number of carbonyl (C=O) groups is 1. The summed E-state index contributed by atoms with van der Waals surface area (Å²) in [6.07, 6.45) is 5.53. The standard InChI is InChI=1S/C11H13ClN6O/c12-9-6-8(7-15-10(9)13)11(19)14-2-1-4-18-5-3-16-17-18/h3,5-7H,1-2,4H2,(H2,13,15)(H,14,19). The molecule has 3 N–H and O–H groups in total. The van der Waals surface area contributed by atoms with Crippen molar-refractivity contribution in [1.29, 1.82) is 0 Å². The van der Waals surface area contributed by atoms with Crippen molar-refractivity contribution < 1.29 is 4.79 Å². The number of nitrogens with one attached hydrogen (secondary N) is 1. The molecule has 0 aliphatic rings. The van der Waals surface area contributed by atoms with Gasteiger partial charge in [-0.15, -0.1) is 5.10 Å². The predicted molar refractivity (Wildman–Crippen MR) is 70.6 cm³/mol. The average molecular weight is 281 g/mol. The van der Waals surface area contributed by atoms with Crippen LogP contribution in [0.5, 0.6) is 0 Å². The number of nitrogens with zero attached hydrogens (tertiary/aromatic N) is 4. The Hall–Kier alpha value is -2.15. The van der Waals surface area contributed by atoms with Crippen molar-refractivity contribution in [3.63, 3.8) is 0 Å². The zero-order valence-electron chi connectivity index (χ0n) is 10.1. The Morgan fingerprint density at radius 3 is 3.05 bits per heavy atom. The van der Waals surface area contributed by atoms with E-state index in [0.29, 0.717) is 18.7 Å². The maximum atomic E-state index is 11.8. The van der Waals surface area contributed by atoms with Crippen molar-refractivity contribution in [2.45, 2.75) is 13.0 Å². The van der Waals surface area contributed by atoms with Crippen molar-refractivity contribution in [2.75, 3.05) is 12.3 Å². The van der Waals surface area contributed by atoms with E-state index >= 15 is 0 Å². The fourth-order valence-electron chi connectivity index (χ4n) is 1.47. The van der Waals surface area contributed by atoms with Gasteiger partial charge in [0.25, 0.3) is 5.91 Å². The Kier molecular flexibility index (Phi) is 4.30. The number of aryl methyl sites for hydroxylation is 1. The summed E-state index contributed by atoms with van der Waals surface area (Å²) in [5.41, 5.74) is 5.86. The van der Waals surface area contributed by atoms with E-state index in [9.17, 15) is 4.79 Å². The van der Waals surface area contributed by atoms with Crippen molar-refractivity contribution in [1.82, 2.24) is 25.3 Å². The minimum atomic E-state index is -0.229. The van der Waals surface area contributed by atoms with E-state index in [1.54, 1.807) is 17.1 Å². The summed E-state index contributed by atoms with van der Waals surface area (Å²) >= 11 is 5.80. The van der Waals surface area contributed by atoms with E-state index in [4.69, 9.17) is 17.3 Å². The average Bonchev–Trinajstić information content (AvgIpc) is 2.91. The molecular formula is C11H13ClN6O. The van der Waals surface area contributed by atoms with Crippen molar-refractivity contribution in [3.05, 3.63) is 35.2 Å². The zero-order valence-corrected chi connectivity index (χ0v) is 10.8. The molecule has 7 nitrogen and oxygen atoms in total. The Balaban J connectivity index is 1.79. The first-order valence-electron chi connectivity index (χ1n) is 5.70. The molecule has 0 aliphatic carbocycles. The van der Waals surface area contributed by atoms with E-state index in [0.717, 1.165) is 6.42 Å². The van der Waals surface area contributed by atoms with Gasteiger partial charge in [-0.25, -0.2) is 4.98 Å². The molecule has 8 heteroatoms. The molecule has 2 rings (SSSR count). The fraction of sp³-hybridized carbons (Fsp3) is 0.273. The van der Waals surface area contributed by atoms with Gasteiger partial charge >= 0.3 is 0 Å². The molecule has 19 heavy (non-hydrogen) atoms. The van der Waals surface area contributed by atoms with Crippen LogP contribution in [0.2, 0.25) is 5.02 Å². The largest absolute Gasteiger partial charge is 0.382 e. The molecule has 0 aliphatic heterocycles. The van der Waals surface area contributed by atoms with Crippen LogP contribution in [0.25, 0.3) is 0 Å². The predicted octanol–water partition coefficient (Wildman–Crippen LogP) is 0.729. The van der Waals surface area contributed by atoms with Crippen LogP contribution in [-0.2, 0) is 6.54 Å². The van der Waals surface area contributed by atoms with Crippen molar-refractivity contribution in [2.24, 2.45) is 0 Å². The van der Waals surface area contributed by atoms with Crippen LogP contribution in [-0.4, -0.2) is 32.4 Å². The summed E-state index contributed by atoms with van der Waals surface area (Å²) in [6, 6.07) is 1.50. The van der Waals surface area contributed by atoms with Crippen LogP contribution >= 0.6 is 11.6 Å². The minimum Gasteiger partial charge on any atom is -0.382 e. The lowest BCUT2D eigenvalue weighted by molar-refractivity contribution is 0.0952. The molecule has 0 unspecified atom stereocenters. The second-order valence-corrected chi connectivity index (χ2v) is 4.27. The maximum absolute atomic E-state index is 11.8. The van der Waals surface area contributed by atoms with Crippen LogP contribution < -0.4 is 11.1 Å². The number of pyridine rings is 1. The van der Waals surface area contributed by atoms with Gasteiger partial charge in [-0.2, -0.15) is 0 Å². The highest BCUT2D eigenvalue weighted by Crippen LogP contribution is 2.16. The van der Waals surface area contributed by atoms with Crippen LogP contribution in [0.1, 0.15) is 16.8 Å². The van der Waals surface area contributed by atoms with Gasteiger partial charge in [-0.05, 0) is 12.5 Å². The number of rotatable bonds is 5. The summed E-state index contributed by atoms with van der Waals surface area (Å²) in [5.74, 6) is -0.0163. The monoisotopic (exact) mass is 280 g/mol. The molecule has 0 saturated carbocycles. The lowest BCUT2D eigenvalue weighted by atomic mass is 10.2. The number of carbonyl (C=O) groups excluding carboxylic acids is 1. The normalized spacial score (nSPS) is 10.4. The van der Waals surface area contributed by atoms with E-state index in [-0.39, 0.29) is 16.7 Å². The summed E-state index contributed by atoms with van der Waals surface area (Å²) in [5, 5.41) is 10.6. The second-order valence-electron chi connectivity index (χ2n) is 3.87. The van der Waals surface area contributed by atoms with Gasteiger partial charge in [-0.1, -0.05) is 16.8 Å². The zero-order chi connectivity index (χ0) is 13.7. The molecule has 2 heterocycles. The quantitative estimate of drug-likeness (QED) is 0.787. The van der Waals surface area contributed by atoms with Gasteiger partial charge in [0.15, 0.2) is 0 Å². The van der Waals surface area contributed by atoms with Gasteiger partial charge in [0.05, 0.1) is 16.8 Å². The van der Waals surface area contributed by atoms with E-state index < -0.39 is 0 Å². The number of hydrogen-bond acceptors (Lipinski definition) is 5. The van der Waals surface area contributed by atoms with Crippen LogP contribution in [0, 0.1) is 0 Å². The van der Waals surface area contributed by atoms with Gasteiger partial charge in [-0.3, -0.25) is 9.48 Å². The third-order valence-corrected chi connectivity index (χ3v) is 2.76. The van der Waals surface area contributed by atoms with Gasteiger partial charge < -0.3 is 11.1 Å². The Labute approximate surface area is 114 Å². The third kappa shape index (κ3) is 3.65. The number of hydrogen-bond donors (Lipinski definition) is 2. The van der Waals surface area contributed by atoms with E-state index in [1.807, 2.05) is 0 Å². The number of nitrogen functional groups attached to an aromatic ring is 1. The summed E-state index contributed by atoms with van der Waals surface area (Å²) < 4.78 is 1.70. The molecule has 0 saturated heterocycles. The Morgan fingerprint density at radius 1 is 1.53 bits per heavy atom. The summed E-state index contributed by atoms with van der Waals surface area (Å²) in [4.78, 5) is 15.6. The highest BCUT2D eigenvalue weighted by molar-refractivity contribution is 6.33. The molecule has 0 spiro atoms. The number of aromatic nitrogens is 4. The Morgan fingerprint density at radius 2 is 2.37 bits per heavy atom. The maximum Gasteiger partial charge on any atom is 0.252 e. The number of anilines is 1. The molecule has 0 bridgehead atoms. The first-order chi connectivity index (χ1) is 9.16. The lowest BCUT2D eigenvalue weighted by Crippen LogP contribution is -2.25. The van der Waals surface area contributed by atoms with Crippen LogP contribution in [0.15, 0.2) is 24.7 Å². The number of amides is 1. The molecule has 0 fully saturated rings. The highest BCUT2D eigenvalue weighted by atomic mass is 35.5. The first kappa shape index (κ1) is 13.3. The van der Waals surface area contributed by atoms with Crippen LogP contribution in [0.4, 0.5) is 5.82 Å². The van der Waals surface area contributed by atoms with Gasteiger partial charge in [0, 0.05) is 25.5 Å². The SMILES string of the molecule is Nc1ncc(C(=O)NCCCn2ccnn2)cc1Cl. The molecular weight excluding hydrogens is 268 g/mol. The first-order valence-corrected chi connectivity index (χ1v) is 6.08. The van der Waals surface area contributed by atoms with E-state index in [2.05, 4.69) is 20.6 Å². The van der Waals surface area contributed by atoms with Crippen molar-refractivity contribution >= 4 is 23.3 Å². The molecule has 100 valence electrons. The minimum absolute atomic E-state index is 0.212. The van der Waals surface area contributed by atoms with Crippen molar-refractivity contribution in [3.8, 4) is 0 Å². The fourth-order valence-corrected chi connectivity index (χ4v) is 1.64. The van der Waals surface area contributed by atoms with E-state index in [1.165, 1.54) is 12.3 Å². The highest BCUT2D eigenvalue weighted by Gasteiger charge is 2.07. The topological polar surface area (TPSA) is 98.7 Å². The Bertz CT molecular complexity index is 556. The molecule has 0 atom stereocenters. The summed E-state index contributed by atoms with van der Waals surface area (Å²) in [7, 11) is 0.